The Morgan fingerprint density at radius 3 is 2.32 bits per heavy atom. The van der Waals surface area contributed by atoms with Crippen LogP contribution in [0.1, 0.15) is 18.4 Å². The van der Waals surface area contributed by atoms with Gasteiger partial charge in [-0.2, -0.15) is 13.2 Å². The fourth-order valence-corrected chi connectivity index (χ4v) is 4.80. The molecule has 1 aliphatic carbocycles. The van der Waals surface area contributed by atoms with Crippen LogP contribution in [-0.4, -0.2) is 70.9 Å². The van der Waals surface area contributed by atoms with Gasteiger partial charge in [0, 0.05) is 13.1 Å². The second kappa shape index (κ2) is 11.4. The predicted molar refractivity (Wildman–Crippen MR) is 134 cm³/mol. The summed E-state index contributed by atoms with van der Waals surface area (Å²) in [5.74, 6) is -2.21. The largest absolute Gasteiger partial charge is 0.573 e. The maximum Gasteiger partial charge on any atom is 0.573 e. The lowest BCUT2D eigenvalue weighted by Crippen LogP contribution is -2.55. The molecule has 16 heteroatoms. The number of hydrogen-bond acceptors (Lipinski definition) is 7. The Morgan fingerprint density at radius 2 is 1.71 bits per heavy atom. The minimum Gasteiger partial charge on any atom is -0.445 e. The summed E-state index contributed by atoms with van der Waals surface area (Å²) in [5.41, 5.74) is -1.73. The minimum absolute atomic E-state index is 0.00938. The summed E-state index contributed by atoms with van der Waals surface area (Å²) in [6.07, 6.45) is -11.8. The smallest absolute Gasteiger partial charge is 0.445 e. The molecule has 2 aromatic carbocycles. The number of nitrogens with zero attached hydrogens (tertiary/aromatic N) is 3. The molecule has 0 radical (unpaired) electrons. The van der Waals surface area contributed by atoms with Crippen LogP contribution in [0.15, 0.2) is 48.5 Å². The average molecular weight is 605 g/mol. The first-order valence-electron chi connectivity index (χ1n) is 11.9. The van der Waals surface area contributed by atoms with E-state index in [9.17, 15) is 40.7 Å². The fraction of sp³-hybridized carbons (Fsp3) is 0.360. The Labute approximate surface area is 232 Å². The van der Waals surface area contributed by atoms with Crippen LogP contribution in [0, 0.1) is 0 Å². The van der Waals surface area contributed by atoms with Crippen molar-refractivity contribution in [1.82, 2.24) is 14.8 Å². The quantitative estimate of drug-likeness (QED) is 0.332. The summed E-state index contributed by atoms with van der Waals surface area (Å²) >= 11 is 0.846. The number of fused-ring (bicyclic) bond motifs is 1. The summed E-state index contributed by atoms with van der Waals surface area (Å²) in [6, 6.07) is 11.7. The van der Waals surface area contributed by atoms with Gasteiger partial charge in [-0.15, -0.1) is 13.2 Å². The van der Waals surface area contributed by atoms with E-state index >= 15 is 0 Å². The summed E-state index contributed by atoms with van der Waals surface area (Å²) in [7, 11) is 1.17. The van der Waals surface area contributed by atoms with Crippen LogP contribution in [0.3, 0.4) is 0 Å². The van der Waals surface area contributed by atoms with Crippen LogP contribution in [0.5, 0.6) is 5.75 Å². The van der Waals surface area contributed by atoms with Crippen LogP contribution < -0.4 is 10.1 Å². The first-order valence-corrected chi connectivity index (χ1v) is 12.7. The molecule has 4 rings (SSSR count). The van der Waals surface area contributed by atoms with Crippen molar-refractivity contribution in [3.63, 3.8) is 0 Å². The van der Waals surface area contributed by atoms with Gasteiger partial charge < -0.3 is 19.7 Å². The number of benzene rings is 2. The molecule has 1 heterocycles. The standard InChI is InChI=1S/C25H22F6N4O5S/c1-34(12-19(36)33-21-32-17-8-7-16(11-18(17)41-21)40-25(29,30)31)20(37)13-35(23(9-10-23)24(26,27)28)22(38)39-14-15-5-3-2-4-6-15/h2-8,11H,9-10,12-14H2,1H3,(H,32,33,36). The Morgan fingerprint density at radius 1 is 1.02 bits per heavy atom. The Hall–Kier alpha value is -4.08. The maximum absolute atomic E-state index is 13.9. The third-order valence-corrected chi connectivity index (χ3v) is 7.07. The lowest BCUT2D eigenvalue weighted by Gasteiger charge is -2.33. The molecule has 0 spiro atoms. The molecule has 0 saturated heterocycles. The molecule has 41 heavy (non-hydrogen) atoms. The van der Waals surface area contributed by atoms with Crippen molar-refractivity contribution < 1.29 is 50.2 Å². The summed E-state index contributed by atoms with van der Waals surface area (Å²) in [6.45, 7) is -1.90. The van der Waals surface area contributed by atoms with Crippen LogP contribution in [0.25, 0.3) is 10.2 Å². The Kier molecular flexibility index (Phi) is 8.33. The number of carbonyl (C=O) groups is 3. The number of aromatic nitrogens is 1. The third-order valence-electron chi connectivity index (χ3n) is 6.13. The van der Waals surface area contributed by atoms with E-state index in [0.717, 1.165) is 28.4 Å². The number of amides is 3. The number of anilines is 1. The molecule has 0 aliphatic heterocycles. The molecule has 0 bridgehead atoms. The highest BCUT2D eigenvalue weighted by Crippen LogP contribution is 2.53. The van der Waals surface area contributed by atoms with Crippen molar-refractivity contribution in [3.8, 4) is 5.75 Å². The molecule has 1 aromatic heterocycles. The second-order valence-electron chi connectivity index (χ2n) is 9.15. The zero-order valence-electron chi connectivity index (χ0n) is 21.2. The molecule has 1 saturated carbocycles. The molecule has 1 fully saturated rings. The highest BCUT2D eigenvalue weighted by molar-refractivity contribution is 7.22. The van der Waals surface area contributed by atoms with Gasteiger partial charge >= 0.3 is 18.6 Å². The lowest BCUT2D eigenvalue weighted by molar-refractivity contribution is -0.274. The number of alkyl halides is 6. The van der Waals surface area contributed by atoms with Crippen LogP contribution in [0.2, 0.25) is 0 Å². The van der Waals surface area contributed by atoms with Gasteiger partial charge in [0.05, 0.1) is 16.8 Å². The van der Waals surface area contributed by atoms with E-state index in [1.165, 1.54) is 13.1 Å². The van der Waals surface area contributed by atoms with Gasteiger partial charge in [-0.05, 0) is 30.5 Å². The minimum atomic E-state index is -4.89. The molecule has 220 valence electrons. The highest BCUT2D eigenvalue weighted by Gasteiger charge is 2.68. The first-order chi connectivity index (χ1) is 19.2. The molecule has 0 unspecified atom stereocenters. The lowest BCUT2D eigenvalue weighted by atomic mass is 10.2. The fourth-order valence-electron chi connectivity index (χ4n) is 3.89. The van der Waals surface area contributed by atoms with Gasteiger partial charge in [0.1, 0.15) is 24.4 Å². The van der Waals surface area contributed by atoms with Crippen LogP contribution in [0.4, 0.5) is 36.3 Å². The van der Waals surface area contributed by atoms with Gasteiger partial charge in [-0.25, -0.2) is 9.78 Å². The Bertz CT molecular complexity index is 1430. The van der Waals surface area contributed by atoms with E-state index < -0.39 is 67.7 Å². The number of likely N-dealkylation sites (N-methyl/N-ethyl adjacent to an activating group) is 1. The van der Waals surface area contributed by atoms with Crippen molar-refractivity contribution in [1.29, 1.82) is 0 Å². The van der Waals surface area contributed by atoms with Gasteiger partial charge in [0.15, 0.2) is 5.13 Å². The zero-order chi connectivity index (χ0) is 30.0. The molecule has 3 amide bonds. The summed E-state index contributed by atoms with van der Waals surface area (Å²) in [5, 5.41) is 2.40. The number of nitrogens with one attached hydrogen (secondary N) is 1. The summed E-state index contributed by atoms with van der Waals surface area (Å²) in [4.78, 5) is 43.3. The highest BCUT2D eigenvalue weighted by atomic mass is 32.1. The first kappa shape index (κ1) is 29.9. The van der Waals surface area contributed by atoms with Gasteiger partial charge in [0.2, 0.25) is 11.8 Å². The monoisotopic (exact) mass is 604 g/mol. The van der Waals surface area contributed by atoms with Crippen molar-refractivity contribution in [2.45, 2.75) is 37.5 Å². The van der Waals surface area contributed by atoms with E-state index in [4.69, 9.17) is 4.74 Å². The third kappa shape index (κ3) is 7.36. The number of thiazole rings is 1. The molecule has 0 atom stereocenters. The molecular weight excluding hydrogens is 582 g/mol. The number of halogens is 6. The van der Waals surface area contributed by atoms with Crippen molar-refractivity contribution in [2.24, 2.45) is 0 Å². The SMILES string of the molecule is CN(CC(=O)Nc1nc2ccc(OC(F)(F)F)cc2s1)C(=O)CN(C(=O)OCc1ccccc1)C1(C(F)(F)F)CC1. The molecule has 1 N–H and O–H groups in total. The molecular formula is C25H22F6N4O5S. The number of ether oxygens (including phenoxy) is 2. The number of carbonyl (C=O) groups excluding carboxylic acids is 3. The average Bonchev–Trinajstić information content (AvgIpc) is 3.60. The number of rotatable bonds is 9. The van der Waals surface area contributed by atoms with Gasteiger partial charge in [-0.1, -0.05) is 41.7 Å². The molecule has 3 aromatic rings. The van der Waals surface area contributed by atoms with Crippen molar-refractivity contribution in [2.75, 3.05) is 25.5 Å². The van der Waals surface area contributed by atoms with E-state index in [1.807, 2.05) is 0 Å². The van der Waals surface area contributed by atoms with Gasteiger partial charge in [-0.3, -0.25) is 14.5 Å². The second-order valence-corrected chi connectivity index (χ2v) is 10.2. The topological polar surface area (TPSA) is 101 Å². The van der Waals surface area contributed by atoms with Crippen LogP contribution >= 0.6 is 11.3 Å². The predicted octanol–water partition coefficient (Wildman–Crippen LogP) is 5.33. The van der Waals surface area contributed by atoms with Crippen LogP contribution in [-0.2, 0) is 20.9 Å². The maximum atomic E-state index is 13.9. The van der Waals surface area contributed by atoms with E-state index in [1.54, 1.807) is 30.3 Å². The zero-order valence-corrected chi connectivity index (χ0v) is 22.0. The van der Waals surface area contributed by atoms with Gasteiger partial charge in [0.25, 0.3) is 0 Å². The normalized spacial score (nSPS) is 14.3. The van der Waals surface area contributed by atoms with E-state index in [-0.39, 0.29) is 22.0 Å². The summed E-state index contributed by atoms with van der Waals surface area (Å²) < 4.78 is 88.2. The number of hydrogen-bond donors (Lipinski definition) is 1. The van der Waals surface area contributed by atoms with E-state index in [2.05, 4.69) is 15.0 Å². The Balaban J connectivity index is 1.38. The molecule has 1 aliphatic rings. The molecule has 9 nitrogen and oxygen atoms in total. The van der Waals surface area contributed by atoms with Crippen molar-refractivity contribution >= 4 is 44.6 Å². The van der Waals surface area contributed by atoms with Crippen molar-refractivity contribution in [3.05, 3.63) is 54.1 Å². The van der Waals surface area contributed by atoms with E-state index in [0.29, 0.717) is 10.5 Å².